The Morgan fingerprint density at radius 2 is 1.58 bits per heavy atom. The molecule has 0 aromatic heterocycles. The Bertz CT molecular complexity index is 547. The summed E-state index contributed by atoms with van der Waals surface area (Å²) in [6, 6.07) is 14.9. The molecule has 2 N–H and O–H groups in total. The molecule has 19 heavy (non-hydrogen) atoms. The van der Waals surface area contributed by atoms with Crippen LogP contribution in [-0.2, 0) is 4.79 Å². The number of carboxylic acids is 1. The van der Waals surface area contributed by atoms with Gasteiger partial charge in [-0.05, 0) is 43.3 Å². The van der Waals surface area contributed by atoms with Gasteiger partial charge in [-0.15, -0.1) is 0 Å². The molecule has 2 aromatic carbocycles. The first kappa shape index (κ1) is 13.0. The van der Waals surface area contributed by atoms with E-state index in [-0.39, 0.29) is 6.54 Å². The van der Waals surface area contributed by atoms with Gasteiger partial charge in [0.15, 0.2) is 0 Å². The fourth-order valence-electron chi connectivity index (χ4n) is 1.56. The van der Waals surface area contributed by atoms with Crippen molar-refractivity contribution in [3.8, 4) is 11.5 Å². The fraction of sp³-hybridized carbons (Fsp3) is 0.133. The number of anilines is 1. The van der Waals surface area contributed by atoms with E-state index in [0.29, 0.717) is 5.75 Å². The van der Waals surface area contributed by atoms with Gasteiger partial charge in [-0.1, -0.05) is 17.7 Å². The molecule has 0 spiro atoms. The predicted molar refractivity (Wildman–Crippen MR) is 73.8 cm³/mol. The van der Waals surface area contributed by atoms with E-state index in [9.17, 15) is 4.79 Å². The minimum atomic E-state index is -0.889. The van der Waals surface area contributed by atoms with Gasteiger partial charge in [-0.2, -0.15) is 0 Å². The maximum Gasteiger partial charge on any atom is 0.322 e. The predicted octanol–water partition coefficient (Wildman–Crippen LogP) is 3.28. The summed E-state index contributed by atoms with van der Waals surface area (Å²) in [6.07, 6.45) is 0. The number of hydrogen-bond acceptors (Lipinski definition) is 3. The Labute approximate surface area is 111 Å². The maximum absolute atomic E-state index is 10.4. The minimum Gasteiger partial charge on any atom is -0.480 e. The first-order valence-corrected chi connectivity index (χ1v) is 5.94. The molecular formula is C15H15NO3. The SMILES string of the molecule is Cc1ccc(Oc2ccc(NCC(=O)O)cc2)cc1. The maximum atomic E-state index is 10.4. The van der Waals surface area contributed by atoms with E-state index in [1.807, 2.05) is 31.2 Å². The first-order chi connectivity index (χ1) is 9.13. The van der Waals surface area contributed by atoms with Crippen molar-refractivity contribution in [2.75, 3.05) is 11.9 Å². The van der Waals surface area contributed by atoms with E-state index < -0.39 is 5.97 Å². The summed E-state index contributed by atoms with van der Waals surface area (Å²) in [5.74, 6) is 0.599. The molecule has 0 amide bonds. The summed E-state index contributed by atoms with van der Waals surface area (Å²) in [5, 5.41) is 11.3. The van der Waals surface area contributed by atoms with Crippen LogP contribution in [0.3, 0.4) is 0 Å². The van der Waals surface area contributed by atoms with E-state index in [2.05, 4.69) is 5.32 Å². The molecule has 0 aliphatic heterocycles. The average Bonchev–Trinajstić information content (AvgIpc) is 2.40. The number of carboxylic acid groups (broad SMARTS) is 1. The number of hydrogen-bond donors (Lipinski definition) is 2. The fourth-order valence-corrected chi connectivity index (χ4v) is 1.56. The number of nitrogens with one attached hydrogen (secondary N) is 1. The topological polar surface area (TPSA) is 58.6 Å². The van der Waals surface area contributed by atoms with Gasteiger partial charge in [0.2, 0.25) is 0 Å². The second-order valence-electron chi connectivity index (χ2n) is 4.19. The van der Waals surface area contributed by atoms with Crippen LogP contribution in [0.25, 0.3) is 0 Å². The lowest BCUT2D eigenvalue weighted by Gasteiger charge is -2.07. The molecule has 0 unspecified atom stereocenters. The van der Waals surface area contributed by atoms with Gasteiger partial charge in [0.05, 0.1) is 0 Å². The van der Waals surface area contributed by atoms with Crippen LogP contribution in [0.15, 0.2) is 48.5 Å². The Morgan fingerprint density at radius 1 is 1.05 bits per heavy atom. The van der Waals surface area contributed by atoms with Crippen molar-refractivity contribution >= 4 is 11.7 Å². The van der Waals surface area contributed by atoms with E-state index in [4.69, 9.17) is 9.84 Å². The van der Waals surface area contributed by atoms with Crippen LogP contribution in [0.4, 0.5) is 5.69 Å². The van der Waals surface area contributed by atoms with Crippen LogP contribution in [0.2, 0.25) is 0 Å². The van der Waals surface area contributed by atoms with E-state index >= 15 is 0 Å². The third kappa shape index (κ3) is 4.03. The summed E-state index contributed by atoms with van der Waals surface area (Å²) in [5.41, 5.74) is 1.93. The molecule has 0 fully saturated rings. The number of aryl methyl sites for hydroxylation is 1. The number of carbonyl (C=O) groups is 1. The molecule has 2 aromatic rings. The lowest BCUT2D eigenvalue weighted by atomic mass is 10.2. The molecule has 0 atom stereocenters. The molecule has 0 aliphatic rings. The van der Waals surface area contributed by atoms with Crippen molar-refractivity contribution in [1.29, 1.82) is 0 Å². The van der Waals surface area contributed by atoms with Crippen LogP contribution in [0.1, 0.15) is 5.56 Å². The van der Waals surface area contributed by atoms with Gasteiger partial charge < -0.3 is 15.2 Å². The Balaban J connectivity index is 1.98. The van der Waals surface area contributed by atoms with Crippen molar-refractivity contribution in [3.63, 3.8) is 0 Å². The smallest absolute Gasteiger partial charge is 0.322 e. The Hall–Kier alpha value is -2.49. The monoisotopic (exact) mass is 257 g/mol. The van der Waals surface area contributed by atoms with Gasteiger partial charge >= 0.3 is 5.97 Å². The highest BCUT2D eigenvalue weighted by atomic mass is 16.5. The highest BCUT2D eigenvalue weighted by Gasteiger charge is 1.99. The summed E-state index contributed by atoms with van der Waals surface area (Å²) >= 11 is 0. The van der Waals surface area contributed by atoms with Crippen molar-refractivity contribution in [3.05, 3.63) is 54.1 Å². The summed E-state index contributed by atoms with van der Waals surface area (Å²) in [6.45, 7) is 1.92. The summed E-state index contributed by atoms with van der Waals surface area (Å²) < 4.78 is 5.67. The lowest BCUT2D eigenvalue weighted by Crippen LogP contribution is -2.11. The molecule has 0 bridgehead atoms. The van der Waals surface area contributed by atoms with Crippen LogP contribution >= 0.6 is 0 Å². The van der Waals surface area contributed by atoms with Gasteiger partial charge in [0, 0.05) is 5.69 Å². The zero-order valence-corrected chi connectivity index (χ0v) is 10.6. The molecule has 98 valence electrons. The van der Waals surface area contributed by atoms with Crippen LogP contribution < -0.4 is 10.1 Å². The molecular weight excluding hydrogens is 242 g/mol. The van der Waals surface area contributed by atoms with Crippen molar-refractivity contribution in [1.82, 2.24) is 0 Å². The van der Waals surface area contributed by atoms with E-state index in [1.54, 1.807) is 24.3 Å². The highest BCUT2D eigenvalue weighted by molar-refractivity contribution is 5.72. The largest absolute Gasteiger partial charge is 0.480 e. The minimum absolute atomic E-state index is 0.0990. The number of aliphatic carboxylic acids is 1. The van der Waals surface area contributed by atoms with Crippen molar-refractivity contribution in [2.24, 2.45) is 0 Å². The lowest BCUT2D eigenvalue weighted by molar-refractivity contribution is -0.134. The normalized spacial score (nSPS) is 9.95. The van der Waals surface area contributed by atoms with Gasteiger partial charge in [0.25, 0.3) is 0 Å². The molecule has 2 rings (SSSR count). The van der Waals surface area contributed by atoms with Crippen molar-refractivity contribution in [2.45, 2.75) is 6.92 Å². The molecule has 0 aliphatic carbocycles. The van der Waals surface area contributed by atoms with Crippen LogP contribution in [0.5, 0.6) is 11.5 Å². The third-order valence-electron chi connectivity index (χ3n) is 2.55. The standard InChI is InChI=1S/C15H15NO3/c1-11-2-6-13(7-3-11)19-14-8-4-12(5-9-14)16-10-15(17)18/h2-9,16H,10H2,1H3,(H,17,18). The Kier molecular flexibility index (Phi) is 4.03. The van der Waals surface area contributed by atoms with Crippen LogP contribution in [0, 0.1) is 6.92 Å². The molecule has 0 heterocycles. The molecule has 0 saturated heterocycles. The molecule has 4 nitrogen and oxygen atoms in total. The van der Waals surface area contributed by atoms with Crippen molar-refractivity contribution < 1.29 is 14.6 Å². The van der Waals surface area contributed by atoms with Gasteiger partial charge in [-0.25, -0.2) is 0 Å². The van der Waals surface area contributed by atoms with E-state index in [0.717, 1.165) is 11.4 Å². The number of ether oxygens (including phenoxy) is 1. The molecule has 0 radical (unpaired) electrons. The quantitative estimate of drug-likeness (QED) is 0.863. The van der Waals surface area contributed by atoms with E-state index in [1.165, 1.54) is 5.56 Å². The number of rotatable bonds is 5. The second-order valence-corrected chi connectivity index (χ2v) is 4.19. The van der Waals surface area contributed by atoms with Gasteiger partial charge in [0.1, 0.15) is 18.0 Å². The second kappa shape index (κ2) is 5.91. The zero-order chi connectivity index (χ0) is 13.7. The van der Waals surface area contributed by atoms with Crippen LogP contribution in [-0.4, -0.2) is 17.6 Å². The van der Waals surface area contributed by atoms with Gasteiger partial charge in [-0.3, -0.25) is 4.79 Å². The highest BCUT2D eigenvalue weighted by Crippen LogP contribution is 2.23. The summed E-state index contributed by atoms with van der Waals surface area (Å²) in [4.78, 5) is 10.4. The average molecular weight is 257 g/mol. The first-order valence-electron chi connectivity index (χ1n) is 5.94. The number of benzene rings is 2. The zero-order valence-electron chi connectivity index (χ0n) is 10.6. The summed E-state index contributed by atoms with van der Waals surface area (Å²) in [7, 11) is 0. The molecule has 4 heteroatoms. The molecule has 0 saturated carbocycles. The Morgan fingerprint density at radius 3 is 2.11 bits per heavy atom. The third-order valence-corrected chi connectivity index (χ3v) is 2.55.